The zero-order valence-corrected chi connectivity index (χ0v) is 16.1. The number of hydrogen-bond donors (Lipinski definition) is 2. The first-order valence-electron chi connectivity index (χ1n) is 9.40. The van der Waals surface area contributed by atoms with E-state index in [9.17, 15) is 29.6 Å². The first-order valence-corrected chi connectivity index (χ1v) is 9.40. The average Bonchev–Trinajstić information content (AvgIpc) is 2.76. The van der Waals surface area contributed by atoms with Crippen LogP contribution < -0.4 is 0 Å². The number of nitro benzene ring substituents is 1. The first kappa shape index (κ1) is 20.2. The summed E-state index contributed by atoms with van der Waals surface area (Å²) in [5.74, 6) is -2.40. The first-order chi connectivity index (χ1) is 14.8. The Bertz CT molecular complexity index is 1280. The van der Waals surface area contributed by atoms with Crippen molar-refractivity contribution in [2.45, 2.75) is 6.42 Å². The van der Waals surface area contributed by atoms with Gasteiger partial charge in [0.15, 0.2) is 0 Å². The normalized spacial score (nSPS) is 13.0. The highest BCUT2D eigenvalue weighted by atomic mass is 16.6. The molecule has 4 rings (SSSR count). The molecule has 2 amide bonds. The van der Waals surface area contributed by atoms with Gasteiger partial charge in [0.25, 0.3) is 17.5 Å². The molecular weight excluding hydrogens is 404 g/mol. The van der Waals surface area contributed by atoms with Crippen LogP contribution in [0.3, 0.4) is 0 Å². The predicted molar refractivity (Wildman–Crippen MR) is 110 cm³/mol. The lowest BCUT2D eigenvalue weighted by Gasteiger charge is -2.27. The Hall–Kier alpha value is -4.11. The summed E-state index contributed by atoms with van der Waals surface area (Å²) in [6, 6.07) is 11.5. The molecule has 3 aromatic rings. The Morgan fingerprint density at radius 3 is 2.42 bits per heavy atom. The van der Waals surface area contributed by atoms with E-state index in [1.165, 1.54) is 24.3 Å². The van der Waals surface area contributed by atoms with Crippen molar-refractivity contribution in [3.8, 4) is 11.1 Å². The third-order valence-electron chi connectivity index (χ3n) is 5.23. The van der Waals surface area contributed by atoms with Gasteiger partial charge in [0, 0.05) is 30.2 Å². The maximum Gasteiger partial charge on any atom is 0.335 e. The van der Waals surface area contributed by atoms with Gasteiger partial charge in [0.2, 0.25) is 0 Å². The molecule has 0 saturated heterocycles. The predicted octanol–water partition coefficient (Wildman–Crippen LogP) is 3.09. The van der Waals surface area contributed by atoms with Crippen molar-refractivity contribution in [1.29, 1.82) is 0 Å². The summed E-state index contributed by atoms with van der Waals surface area (Å²) in [6.07, 6.45) is 0.185. The summed E-state index contributed by atoms with van der Waals surface area (Å²) < 4.78 is 0. The number of imide groups is 1. The molecule has 31 heavy (non-hydrogen) atoms. The Kier molecular flexibility index (Phi) is 4.96. The molecule has 0 saturated carbocycles. The lowest BCUT2D eigenvalue weighted by atomic mass is 9.87. The highest BCUT2D eigenvalue weighted by molar-refractivity contribution is 6.27. The number of aromatic carboxylic acids is 1. The number of nitrogens with zero attached hydrogens (tertiary/aromatic N) is 2. The van der Waals surface area contributed by atoms with E-state index >= 15 is 0 Å². The van der Waals surface area contributed by atoms with Crippen LogP contribution in [0.15, 0.2) is 48.5 Å². The van der Waals surface area contributed by atoms with Gasteiger partial charge in [0.1, 0.15) is 0 Å². The van der Waals surface area contributed by atoms with E-state index in [0.717, 1.165) is 11.0 Å². The second-order valence-electron chi connectivity index (χ2n) is 7.03. The summed E-state index contributed by atoms with van der Waals surface area (Å²) >= 11 is 0. The van der Waals surface area contributed by atoms with Crippen LogP contribution in [0.5, 0.6) is 0 Å². The van der Waals surface area contributed by atoms with E-state index in [4.69, 9.17) is 5.11 Å². The topological polar surface area (TPSA) is 138 Å². The molecular formula is C22H16N2O7. The van der Waals surface area contributed by atoms with E-state index in [2.05, 4.69) is 0 Å². The van der Waals surface area contributed by atoms with Crippen molar-refractivity contribution in [2.24, 2.45) is 0 Å². The van der Waals surface area contributed by atoms with Crippen molar-refractivity contribution < 1.29 is 29.5 Å². The van der Waals surface area contributed by atoms with Gasteiger partial charge in [-0.25, -0.2) is 4.79 Å². The summed E-state index contributed by atoms with van der Waals surface area (Å²) in [5, 5.41) is 30.9. The summed E-state index contributed by atoms with van der Waals surface area (Å²) in [6.45, 7) is -0.229. The van der Waals surface area contributed by atoms with E-state index in [1.54, 1.807) is 18.2 Å². The third-order valence-corrected chi connectivity index (χ3v) is 5.23. The number of hydrogen-bond acceptors (Lipinski definition) is 6. The van der Waals surface area contributed by atoms with Gasteiger partial charge in [-0.1, -0.05) is 24.3 Å². The van der Waals surface area contributed by atoms with Crippen LogP contribution >= 0.6 is 0 Å². The van der Waals surface area contributed by atoms with Crippen molar-refractivity contribution in [3.05, 3.63) is 75.3 Å². The molecule has 9 heteroatoms. The number of carboxylic acid groups (broad SMARTS) is 1. The number of carboxylic acids is 1. The molecule has 0 aliphatic carbocycles. The van der Waals surface area contributed by atoms with E-state index in [0.29, 0.717) is 10.8 Å². The van der Waals surface area contributed by atoms with Crippen LogP contribution in [-0.2, 0) is 0 Å². The van der Waals surface area contributed by atoms with Crippen LogP contribution in [0.4, 0.5) is 5.69 Å². The number of benzene rings is 3. The molecule has 0 spiro atoms. The van der Waals surface area contributed by atoms with Gasteiger partial charge in [0.05, 0.1) is 21.6 Å². The molecule has 0 unspecified atom stereocenters. The van der Waals surface area contributed by atoms with Gasteiger partial charge in [-0.3, -0.25) is 24.6 Å². The largest absolute Gasteiger partial charge is 0.478 e. The van der Waals surface area contributed by atoms with Gasteiger partial charge in [-0.2, -0.15) is 0 Å². The lowest BCUT2D eigenvalue weighted by molar-refractivity contribution is -0.384. The minimum Gasteiger partial charge on any atom is -0.478 e. The Morgan fingerprint density at radius 2 is 1.74 bits per heavy atom. The maximum absolute atomic E-state index is 13.0. The molecule has 0 aromatic heterocycles. The zero-order chi connectivity index (χ0) is 22.3. The fraction of sp³-hybridized carbons (Fsp3) is 0.136. The van der Waals surface area contributed by atoms with Gasteiger partial charge in [-0.15, -0.1) is 0 Å². The minimum atomic E-state index is -1.18. The summed E-state index contributed by atoms with van der Waals surface area (Å²) in [4.78, 5) is 49.6. The molecule has 1 aliphatic rings. The van der Waals surface area contributed by atoms with Crippen LogP contribution in [0.2, 0.25) is 0 Å². The minimum absolute atomic E-state index is 0.0137. The van der Waals surface area contributed by atoms with Crippen molar-refractivity contribution in [2.75, 3.05) is 13.2 Å². The van der Waals surface area contributed by atoms with E-state index < -0.39 is 22.7 Å². The van der Waals surface area contributed by atoms with Crippen LogP contribution in [0.25, 0.3) is 21.9 Å². The van der Waals surface area contributed by atoms with Gasteiger partial charge < -0.3 is 10.2 Å². The standard InChI is InChI=1S/C22H16N2O7/c25-9-3-8-23-20(26)15-7-2-6-14-18(12-4-1-5-13(10-12)22(28)29)17(24(30)31)11-16(19(14)15)21(23)27/h1-2,4-7,10-11,25H,3,8-9H2,(H,28,29). The number of aliphatic hydroxyl groups is 1. The molecule has 9 nitrogen and oxygen atoms in total. The fourth-order valence-electron chi connectivity index (χ4n) is 3.89. The molecule has 2 N–H and O–H groups in total. The Labute approximate surface area is 175 Å². The number of rotatable bonds is 6. The van der Waals surface area contributed by atoms with Crippen molar-refractivity contribution in [3.63, 3.8) is 0 Å². The molecule has 156 valence electrons. The van der Waals surface area contributed by atoms with Crippen LogP contribution in [0, 0.1) is 10.1 Å². The number of amides is 2. The van der Waals surface area contributed by atoms with Crippen LogP contribution in [0.1, 0.15) is 37.5 Å². The molecule has 0 atom stereocenters. The molecule has 0 bridgehead atoms. The third kappa shape index (κ3) is 3.21. The Balaban J connectivity index is 2.06. The second kappa shape index (κ2) is 7.62. The Morgan fingerprint density at radius 1 is 1.03 bits per heavy atom. The molecule has 0 radical (unpaired) electrons. The lowest BCUT2D eigenvalue weighted by Crippen LogP contribution is -2.41. The maximum atomic E-state index is 13.0. The number of aliphatic hydroxyl groups excluding tert-OH is 1. The summed E-state index contributed by atoms with van der Waals surface area (Å²) in [7, 11) is 0. The van der Waals surface area contributed by atoms with Crippen LogP contribution in [-0.4, -0.2) is 51.0 Å². The SMILES string of the molecule is O=C(O)c1cccc(-c2c([N+](=O)[O-])cc3c4c(cccc24)C(=O)N(CCCO)C3=O)c1. The quantitative estimate of drug-likeness (QED) is 0.355. The zero-order valence-electron chi connectivity index (χ0n) is 16.1. The van der Waals surface area contributed by atoms with Crippen molar-refractivity contribution >= 4 is 34.2 Å². The molecule has 3 aromatic carbocycles. The molecule has 0 fully saturated rings. The highest BCUT2D eigenvalue weighted by Gasteiger charge is 2.36. The molecule has 1 aliphatic heterocycles. The highest BCUT2D eigenvalue weighted by Crippen LogP contribution is 2.42. The average molecular weight is 420 g/mol. The van der Waals surface area contributed by atoms with Gasteiger partial charge in [-0.05, 0) is 35.6 Å². The number of nitro groups is 1. The fourth-order valence-corrected chi connectivity index (χ4v) is 3.89. The van der Waals surface area contributed by atoms with E-state index in [-0.39, 0.29) is 53.1 Å². The number of carbonyl (C=O) groups is 3. The van der Waals surface area contributed by atoms with Crippen molar-refractivity contribution in [1.82, 2.24) is 4.90 Å². The smallest absolute Gasteiger partial charge is 0.335 e. The monoisotopic (exact) mass is 420 g/mol. The molecule has 1 heterocycles. The summed E-state index contributed by atoms with van der Waals surface area (Å²) in [5.41, 5.74) is 0.251. The number of carbonyl (C=O) groups excluding carboxylic acids is 2. The van der Waals surface area contributed by atoms with Gasteiger partial charge >= 0.3 is 5.97 Å². The van der Waals surface area contributed by atoms with E-state index in [1.807, 2.05) is 0 Å². The second-order valence-corrected chi connectivity index (χ2v) is 7.03.